The highest BCUT2D eigenvalue weighted by Crippen LogP contribution is 2.13. The predicted octanol–water partition coefficient (Wildman–Crippen LogP) is 9.34. The number of hydrogen-bond donors (Lipinski definition) is 0. The second kappa shape index (κ2) is 33.8. The first-order valence-electron chi connectivity index (χ1n) is 18.1. The van der Waals surface area contributed by atoms with Crippen LogP contribution in [-0.2, 0) is 38.1 Å². The molecule has 0 saturated heterocycles. The van der Waals surface area contributed by atoms with E-state index < -0.39 is 0 Å². The number of unbranched alkanes of at least 4 members (excludes halogenated alkanes) is 19. The van der Waals surface area contributed by atoms with Gasteiger partial charge in [0.25, 0.3) is 0 Å². The van der Waals surface area contributed by atoms with E-state index in [0.717, 1.165) is 116 Å². The van der Waals surface area contributed by atoms with Gasteiger partial charge in [-0.1, -0.05) is 103 Å². The van der Waals surface area contributed by atoms with Gasteiger partial charge in [-0.2, -0.15) is 0 Å². The van der Waals surface area contributed by atoms with Crippen molar-refractivity contribution in [3.05, 3.63) is 0 Å². The maximum absolute atomic E-state index is 11.9. The van der Waals surface area contributed by atoms with Crippen molar-refractivity contribution in [1.82, 2.24) is 0 Å². The summed E-state index contributed by atoms with van der Waals surface area (Å²) in [6.07, 6.45) is 25.4. The number of carbonyl (C=O) groups is 4. The maximum atomic E-state index is 11.9. The Morgan fingerprint density at radius 3 is 0.750 bits per heavy atom. The van der Waals surface area contributed by atoms with E-state index in [-0.39, 0.29) is 23.9 Å². The van der Waals surface area contributed by atoms with E-state index in [1.54, 1.807) is 0 Å². The third-order valence-corrected chi connectivity index (χ3v) is 7.70. The van der Waals surface area contributed by atoms with E-state index in [0.29, 0.717) is 52.1 Å². The second-order valence-electron chi connectivity index (χ2n) is 11.8. The highest BCUT2D eigenvalue weighted by Gasteiger charge is 2.05. The largest absolute Gasteiger partial charge is 0.466 e. The first-order chi connectivity index (χ1) is 21.5. The number of rotatable bonds is 33. The van der Waals surface area contributed by atoms with Crippen molar-refractivity contribution in [1.29, 1.82) is 0 Å². The molecule has 258 valence electrons. The van der Waals surface area contributed by atoms with Gasteiger partial charge >= 0.3 is 23.9 Å². The third kappa shape index (κ3) is 32.8. The quantitative estimate of drug-likeness (QED) is 0.0403. The highest BCUT2D eigenvalue weighted by molar-refractivity contribution is 5.70. The van der Waals surface area contributed by atoms with E-state index in [1.165, 1.54) is 25.7 Å². The van der Waals surface area contributed by atoms with Crippen LogP contribution in [0.3, 0.4) is 0 Å². The van der Waals surface area contributed by atoms with Gasteiger partial charge in [0.15, 0.2) is 0 Å². The zero-order chi connectivity index (χ0) is 32.4. The van der Waals surface area contributed by atoms with Gasteiger partial charge in [-0.15, -0.1) is 0 Å². The van der Waals surface area contributed by atoms with Crippen LogP contribution in [0.5, 0.6) is 0 Å². The van der Waals surface area contributed by atoms with Crippen molar-refractivity contribution in [3.8, 4) is 0 Å². The summed E-state index contributed by atoms with van der Waals surface area (Å²) in [4.78, 5) is 46.4. The summed E-state index contributed by atoms with van der Waals surface area (Å²) in [6, 6.07) is 0. The van der Waals surface area contributed by atoms with E-state index in [1.807, 2.05) is 13.8 Å². The molecular weight excluding hydrogens is 560 g/mol. The standard InChI is InChI=1S/C36H66O8/c1-3-41-33(37)27-21-15-9-5-7-13-19-25-31-43-35(39)29-23-17-11-12-18-24-30-36(40)44-32-26-20-14-8-6-10-16-22-28-34(38)42-4-2/h3-32H2,1-2H3. The molecule has 0 spiro atoms. The molecule has 8 nitrogen and oxygen atoms in total. The van der Waals surface area contributed by atoms with Gasteiger partial charge in [0.2, 0.25) is 0 Å². The predicted molar refractivity (Wildman–Crippen MR) is 175 cm³/mol. The molecule has 0 unspecified atom stereocenters. The van der Waals surface area contributed by atoms with E-state index in [4.69, 9.17) is 18.9 Å². The maximum Gasteiger partial charge on any atom is 0.305 e. The number of ether oxygens (including phenoxy) is 4. The first-order valence-corrected chi connectivity index (χ1v) is 18.1. The number of esters is 4. The van der Waals surface area contributed by atoms with Crippen LogP contribution in [0.4, 0.5) is 0 Å². The molecule has 0 aliphatic carbocycles. The minimum absolute atomic E-state index is 0.0860. The molecular formula is C36H66O8. The smallest absolute Gasteiger partial charge is 0.305 e. The summed E-state index contributed by atoms with van der Waals surface area (Å²) < 4.78 is 20.6. The van der Waals surface area contributed by atoms with Crippen LogP contribution >= 0.6 is 0 Å². The van der Waals surface area contributed by atoms with E-state index >= 15 is 0 Å². The summed E-state index contributed by atoms with van der Waals surface area (Å²) in [7, 11) is 0. The summed E-state index contributed by atoms with van der Waals surface area (Å²) in [5.41, 5.74) is 0. The van der Waals surface area contributed by atoms with Crippen molar-refractivity contribution in [2.24, 2.45) is 0 Å². The molecule has 0 saturated carbocycles. The lowest BCUT2D eigenvalue weighted by atomic mass is 10.1. The number of carbonyl (C=O) groups excluding carboxylic acids is 4. The lowest BCUT2D eigenvalue weighted by molar-refractivity contribution is -0.144. The summed E-state index contributed by atoms with van der Waals surface area (Å²) in [6.45, 7) is 5.64. The monoisotopic (exact) mass is 626 g/mol. The van der Waals surface area contributed by atoms with Crippen LogP contribution in [0.15, 0.2) is 0 Å². The van der Waals surface area contributed by atoms with Crippen molar-refractivity contribution in [2.75, 3.05) is 26.4 Å². The highest BCUT2D eigenvalue weighted by atomic mass is 16.5. The van der Waals surface area contributed by atoms with Crippen LogP contribution in [0.2, 0.25) is 0 Å². The van der Waals surface area contributed by atoms with Gasteiger partial charge in [-0.3, -0.25) is 19.2 Å². The minimum atomic E-state index is -0.0871. The Morgan fingerprint density at radius 1 is 0.295 bits per heavy atom. The Hall–Kier alpha value is -2.12. The van der Waals surface area contributed by atoms with Gasteiger partial charge in [0, 0.05) is 25.7 Å². The average molecular weight is 627 g/mol. The molecule has 0 fully saturated rings. The lowest BCUT2D eigenvalue weighted by Gasteiger charge is -2.06. The van der Waals surface area contributed by atoms with Gasteiger partial charge < -0.3 is 18.9 Å². The van der Waals surface area contributed by atoms with Crippen LogP contribution in [0.1, 0.15) is 181 Å². The zero-order valence-electron chi connectivity index (χ0n) is 28.5. The Labute approximate surface area is 269 Å². The van der Waals surface area contributed by atoms with Gasteiger partial charge in [-0.05, 0) is 52.4 Å². The van der Waals surface area contributed by atoms with Crippen LogP contribution in [0, 0.1) is 0 Å². The van der Waals surface area contributed by atoms with Crippen molar-refractivity contribution < 1.29 is 38.1 Å². The Balaban J connectivity index is 3.30. The Bertz CT molecular complexity index is 636. The van der Waals surface area contributed by atoms with Crippen molar-refractivity contribution >= 4 is 23.9 Å². The minimum Gasteiger partial charge on any atom is -0.466 e. The molecule has 0 amide bonds. The van der Waals surface area contributed by atoms with Crippen LogP contribution in [0.25, 0.3) is 0 Å². The fourth-order valence-electron chi connectivity index (χ4n) is 5.09. The van der Waals surface area contributed by atoms with Crippen molar-refractivity contribution in [3.63, 3.8) is 0 Å². The molecule has 0 N–H and O–H groups in total. The fraction of sp³-hybridized carbons (Fsp3) is 0.889. The zero-order valence-corrected chi connectivity index (χ0v) is 28.5. The fourth-order valence-corrected chi connectivity index (χ4v) is 5.09. The summed E-state index contributed by atoms with van der Waals surface area (Å²) in [5.74, 6) is -0.346. The molecule has 0 heterocycles. The SMILES string of the molecule is CCOC(=O)CCCCCCCCCCOC(=O)CCCCCCCCC(=O)OCCCCCCCCCCC(=O)OCC. The Morgan fingerprint density at radius 2 is 0.500 bits per heavy atom. The molecule has 8 heteroatoms. The number of hydrogen-bond acceptors (Lipinski definition) is 8. The molecule has 0 bridgehead atoms. The molecule has 0 aliphatic heterocycles. The van der Waals surface area contributed by atoms with Gasteiger partial charge in [0.1, 0.15) is 0 Å². The molecule has 0 rings (SSSR count). The summed E-state index contributed by atoms with van der Waals surface area (Å²) >= 11 is 0. The molecule has 0 aromatic heterocycles. The average Bonchev–Trinajstić information content (AvgIpc) is 3.00. The first kappa shape index (κ1) is 41.9. The van der Waals surface area contributed by atoms with Crippen molar-refractivity contribution in [2.45, 2.75) is 181 Å². The molecule has 0 aromatic carbocycles. The van der Waals surface area contributed by atoms with Gasteiger partial charge in [-0.25, -0.2) is 0 Å². The molecule has 0 aromatic rings. The van der Waals surface area contributed by atoms with Crippen LogP contribution < -0.4 is 0 Å². The topological polar surface area (TPSA) is 105 Å². The molecule has 44 heavy (non-hydrogen) atoms. The van der Waals surface area contributed by atoms with Gasteiger partial charge in [0.05, 0.1) is 26.4 Å². The molecule has 0 atom stereocenters. The molecule has 0 aliphatic rings. The van der Waals surface area contributed by atoms with E-state index in [2.05, 4.69) is 0 Å². The Kier molecular flexibility index (Phi) is 32.1. The molecule has 0 radical (unpaired) electrons. The second-order valence-corrected chi connectivity index (χ2v) is 11.8. The summed E-state index contributed by atoms with van der Waals surface area (Å²) in [5, 5.41) is 0. The van der Waals surface area contributed by atoms with E-state index in [9.17, 15) is 19.2 Å². The van der Waals surface area contributed by atoms with Crippen LogP contribution in [-0.4, -0.2) is 50.3 Å². The lowest BCUT2D eigenvalue weighted by Crippen LogP contribution is -2.06. The third-order valence-electron chi connectivity index (χ3n) is 7.70. The normalized spacial score (nSPS) is 10.9.